The Morgan fingerprint density at radius 1 is 1.41 bits per heavy atom. The third-order valence-electron chi connectivity index (χ3n) is 2.95. The van der Waals surface area contributed by atoms with Gasteiger partial charge in [-0.15, -0.1) is 0 Å². The van der Waals surface area contributed by atoms with E-state index in [0.717, 1.165) is 12.8 Å². The van der Waals surface area contributed by atoms with Gasteiger partial charge in [-0.05, 0) is 37.3 Å². The lowest BCUT2D eigenvalue weighted by Crippen LogP contribution is -2.16. The van der Waals surface area contributed by atoms with Crippen molar-refractivity contribution in [2.75, 3.05) is 5.32 Å². The van der Waals surface area contributed by atoms with Crippen LogP contribution in [-0.4, -0.2) is 5.91 Å². The quantitative estimate of drug-likeness (QED) is 0.806. The van der Waals surface area contributed by atoms with Gasteiger partial charge in [0.25, 0.3) is 0 Å². The SMILES string of the molecule is O=C(CC1C=CCCC1)Nc1ccccc1Cl. The molecular formula is C14H16ClNO. The van der Waals surface area contributed by atoms with Crippen molar-refractivity contribution in [1.82, 2.24) is 0 Å². The zero-order valence-electron chi connectivity index (χ0n) is 9.66. The molecule has 3 heteroatoms. The molecule has 0 spiro atoms. The molecule has 1 atom stereocenters. The van der Waals surface area contributed by atoms with Crippen molar-refractivity contribution >= 4 is 23.2 Å². The van der Waals surface area contributed by atoms with E-state index in [0.29, 0.717) is 23.0 Å². The van der Waals surface area contributed by atoms with Crippen LogP contribution in [0.5, 0.6) is 0 Å². The molecule has 1 aliphatic carbocycles. The second-order valence-electron chi connectivity index (χ2n) is 4.35. The molecule has 0 aromatic heterocycles. The number of carbonyl (C=O) groups excluding carboxylic acids is 1. The molecule has 0 radical (unpaired) electrons. The average molecular weight is 250 g/mol. The molecule has 0 heterocycles. The van der Waals surface area contributed by atoms with Crippen LogP contribution in [0.1, 0.15) is 25.7 Å². The lowest BCUT2D eigenvalue weighted by Gasteiger charge is -2.16. The molecule has 17 heavy (non-hydrogen) atoms. The Balaban J connectivity index is 1.91. The minimum Gasteiger partial charge on any atom is -0.325 e. The van der Waals surface area contributed by atoms with Crippen LogP contribution < -0.4 is 5.32 Å². The zero-order valence-corrected chi connectivity index (χ0v) is 10.4. The third-order valence-corrected chi connectivity index (χ3v) is 3.28. The lowest BCUT2D eigenvalue weighted by molar-refractivity contribution is -0.116. The molecular weight excluding hydrogens is 234 g/mol. The van der Waals surface area contributed by atoms with Crippen molar-refractivity contribution in [2.45, 2.75) is 25.7 Å². The van der Waals surface area contributed by atoms with E-state index in [9.17, 15) is 4.79 Å². The summed E-state index contributed by atoms with van der Waals surface area (Å²) in [5.74, 6) is 0.417. The smallest absolute Gasteiger partial charge is 0.225 e. The van der Waals surface area contributed by atoms with Crippen LogP contribution >= 0.6 is 11.6 Å². The summed E-state index contributed by atoms with van der Waals surface area (Å²) in [7, 11) is 0. The van der Waals surface area contributed by atoms with E-state index >= 15 is 0 Å². The Labute approximate surface area is 107 Å². The van der Waals surface area contributed by atoms with Gasteiger partial charge in [-0.3, -0.25) is 4.79 Å². The van der Waals surface area contributed by atoms with Gasteiger partial charge in [0, 0.05) is 6.42 Å². The Kier molecular flexibility index (Phi) is 4.21. The summed E-state index contributed by atoms with van der Waals surface area (Å²) in [4.78, 5) is 11.8. The number of amides is 1. The first kappa shape index (κ1) is 12.2. The second-order valence-corrected chi connectivity index (χ2v) is 4.76. The monoisotopic (exact) mass is 249 g/mol. The number of allylic oxidation sites excluding steroid dienone is 2. The van der Waals surface area contributed by atoms with E-state index in [1.54, 1.807) is 6.07 Å². The summed E-state index contributed by atoms with van der Waals surface area (Å²) >= 11 is 5.98. The zero-order chi connectivity index (χ0) is 12.1. The summed E-state index contributed by atoms with van der Waals surface area (Å²) in [5.41, 5.74) is 0.693. The largest absolute Gasteiger partial charge is 0.325 e. The fourth-order valence-electron chi connectivity index (χ4n) is 2.05. The number of anilines is 1. The minimum absolute atomic E-state index is 0.0367. The molecule has 1 aromatic rings. The highest BCUT2D eigenvalue weighted by Crippen LogP contribution is 2.23. The van der Waals surface area contributed by atoms with Crippen LogP contribution in [0.25, 0.3) is 0 Å². The maximum atomic E-state index is 11.8. The highest BCUT2D eigenvalue weighted by Gasteiger charge is 2.13. The van der Waals surface area contributed by atoms with Gasteiger partial charge >= 0.3 is 0 Å². The standard InChI is InChI=1S/C14H16ClNO/c15-12-8-4-5-9-13(12)16-14(17)10-11-6-2-1-3-7-11/h2,4-6,8-9,11H,1,3,7,10H2,(H,16,17). The molecule has 0 saturated heterocycles. The molecule has 1 unspecified atom stereocenters. The Hall–Kier alpha value is -1.28. The third kappa shape index (κ3) is 3.60. The number of halogens is 1. The average Bonchev–Trinajstić information content (AvgIpc) is 2.33. The molecule has 90 valence electrons. The van der Waals surface area contributed by atoms with Crippen molar-refractivity contribution in [3.8, 4) is 0 Å². The van der Waals surface area contributed by atoms with E-state index in [2.05, 4.69) is 17.5 Å². The molecule has 1 aliphatic rings. The highest BCUT2D eigenvalue weighted by molar-refractivity contribution is 6.33. The molecule has 0 bridgehead atoms. The first-order chi connectivity index (χ1) is 8.25. The van der Waals surface area contributed by atoms with Crippen molar-refractivity contribution in [2.24, 2.45) is 5.92 Å². The van der Waals surface area contributed by atoms with E-state index in [1.165, 1.54) is 6.42 Å². The number of hydrogen-bond acceptors (Lipinski definition) is 1. The van der Waals surface area contributed by atoms with Gasteiger partial charge in [-0.2, -0.15) is 0 Å². The number of carbonyl (C=O) groups is 1. The first-order valence-electron chi connectivity index (χ1n) is 5.97. The van der Waals surface area contributed by atoms with Crippen LogP contribution in [0.15, 0.2) is 36.4 Å². The Morgan fingerprint density at radius 2 is 2.24 bits per heavy atom. The van der Waals surface area contributed by atoms with Crippen LogP contribution in [0, 0.1) is 5.92 Å². The van der Waals surface area contributed by atoms with Crippen LogP contribution in [0.2, 0.25) is 5.02 Å². The first-order valence-corrected chi connectivity index (χ1v) is 6.34. The number of nitrogens with one attached hydrogen (secondary N) is 1. The van der Waals surface area contributed by atoms with Gasteiger partial charge in [-0.25, -0.2) is 0 Å². The predicted molar refractivity (Wildman–Crippen MR) is 71.2 cm³/mol. The van der Waals surface area contributed by atoms with Crippen molar-refractivity contribution in [3.05, 3.63) is 41.4 Å². The van der Waals surface area contributed by atoms with Gasteiger partial charge in [0.2, 0.25) is 5.91 Å². The summed E-state index contributed by atoms with van der Waals surface area (Å²) in [6.45, 7) is 0. The van der Waals surface area contributed by atoms with E-state index in [1.807, 2.05) is 18.2 Å². The predicted octanol–water partition coefficient (Wildman–Crippen LogP) is 4.02. The molecule has 0 aliphatic heterocycles. The summed E-state index contributed by atoms with van der Waals surface area (Å²) in [6, 6.07) is 7.30. The topological polar surface area (TPSA) is 29.1 Å². The molecule has 0 fully saturated rings. The highest BCUT2D eigenvalue weighted by atomic mass is 35.5. The fourth-order valence-corrected chi connectivity index (χ4v) is 2.24. The van der Waals surface area contributed by atoms with Gasteiger partial charge < -0.3 is 5.32 Å². The lowest BCUT2D eigenvalue weighted by atomic mass is 9.93. The number of rotatable bonds is 3. The van der Waals surface area contributed by atoms with E-state index in [4.69, 9.17) is 11.6 Å². The second kappa shape index (κ2) is 5.87. The van der Waals surface area contributed by atoms with Gasteiger partial charge in [0.15, 0.2) is 0 Å². The van der Waals surface area contributed by atoms with Crippen molar-refractivity contribution in [1.29, 1.82) is 0 Å². The Morgan fingerprint density at radius 3 is 2.94 bits per heavy atom. The maximum Gasteiger partial charge on any atom is 0.225 e. The number of hydrogen-bond donors (Lipinski definition) is 1. The normalized spacial score (nSPS) is 19.0. The van der Waals surface area contributed by atoms with E-state index < -0.39 is 0 Å². The fraction of sp³-hybridized carbons (Fsp3) is 0.357. The molecule has 1 N–H and O–H groups in total. The maximum absolute atomic E-state index is 11.8. The summed E-state index contributed by atoms with van der Waals surface area (Å²) in [6.07, 6.45) is 8.28. The van der Waals surface area contributed by atoms with Crippen LogP contribution in [0.4, 0.5) is 5.69 Å². The molecule has 2 nitrogen and oxygen atoms in total. The van der Waals surface area contributed by atoms with Gasteiger partial charge in [-0.1, -0.05) is 35.9 Å². The van der Waals surface area contributed by atoms with Crippen molar-refractivity contribution < 1.29 is 4.79 Å². The van der Waals surface area contributed by atoms with Crippen LogP contribution in [0.3, 0.4) is 0 Å². The van der Waals surface area contributed by atoms with Gasteiger partial charge in [0.1, 0.15) is 0 Å². The van der Waals surface area contributed by atoms with E-state index in [-0.39, 0.29) is 5.91 Å². The molecule has 0 saturated carbocycles. The molecule has 2 rings (SSSR count). The summed E-state index contributed by atoms with van der Waals surface area (Å²) in [5, 5.41) is 3.44. The van der Waals surface area contributed by atoms with Gasteiger partial charge in [0.05, 0.1) is 10.7 Å². The minimum atomic E-state index is 0.0367. The molecule has 1 amide bonds. The number of para-hydroxylation sites is 1. The van der Waals surface area contributed by atoms with Crippen molar-refractivity contribution in [3.63, 3.8) is 0 Å². The molecule has 1 aromatic carbocycles. The number of benzene rings is 1. The van der Waals surface area contributed by atoms with Crippen LogP contribution in [-0.2, 0) is 4.79 Å². The summed E-state index contributed by atoms with van der Waals surface area (Å²) < 4.78 is 0. The Bertz CT molecular complexity index is 428.